The van der Waals surface area contributed by atoms with Gasteiger partial charge in [0.1, 0.15) is 11.9 Å². The van der Waals surface area contributed by atoms with Gasteiger partial charge in [0.05, 0.1) is 11.8 Å². The van der Waals surface area contributed by atoms with Crippen molar-refractivity contribution in [3.63, 3.8) is 0 Å². The summed E-state index contributed by atoms with van der Waals surface area (Å²) in [6.45, 7) is 2.73. The second kappa shape index (κ2) is 6.93. The molecule has 0 radical (unpaired) electrons. The third-order valence-corrected chi connectivity index (χ3v) is 2.32. The number of aromatic carboxylic acids is 1. The van der Waals surface area contributed by atoms with E-state index >= 15 is 0 Å². The van der Waals surface area contributed by atoms with Crippen LogP contribution in [-0.2, 0) is 6.54 Å². The van der Waals surface area contributed by atoms with Gasteiger partial charge >= 0.3 is 5.97 Å². The molecule has 0 saturated heterocycles. The van der Waals surface area contributed by atoms with Gasteiger partial charge in [-0.2, -0.15) is 0 Å². The van der Waals surface area contributed by atoms with E-state index in [1.807, 2.05) is 6.92 Å². The summed E-state index contributed by atoms with van der Waals surface area (Å²) in [4.78, 5) is 18.4. The molecular formula is C11H17N3O3. The first kappa shape index (κ1) is 13.5. The predicted molar refractivity (Wildman–Crippen MR) is 61.6 cm³/mol. The maximum Gasteiger partial charge on any atom is 0.339 e. The van der Waals surface area contributed by atoms with Crippen LogP contribution in [-0.4, -0.2) is 38.8 Å². The van der Waals surface area contributed by atoms with Crippen molar-refractivity contribution in [1.82, 2.24) is 15.3 Å². The van der Waals surface area contributed by atoms with Crippen LogP contribution in [0.1, 0.15) is 35.8 Å². The number of aliphatic hydroxyl groups is 1. The molecule has 0 aliphatic heterocycles. The summed E-state index contributed by atoms with van der Waals surface area (Å²) in [6, 6.07) is 0. The molecule has 1 rings (SSSR count). The highest BCUT2D eigenvalue weighted by atomic mass is 16.4. The van der Waals surface area contributed by atoms with Gasteiger partial charge in [-0.15, -0.1) is 0 Å². The molecule has 0 saturated carbocycles. The number of hydrogen-bond acceptors (Lipinski definition) is 5. The molecule has 6 heteroatoms. The second-order valence-corrected chi connectivity index (χ2v) is 3.76. The van der Waals surface area contributed by atoms with Crippen LogP contribution in [0, 0.1) is 0 Å². The number of nitrogens with one attached hydrogen (secondary N) is 1. The van der Waals surface area contributed by atoms with Gasteiger partial charge in [0, 0.05) is 19.3 Å². The highest BCUT2D eigenvalue weighted by Crippen LogP contribution is 2.03. The van der Waals surface area contributed by atoms with Crippen molar-refractivity contribution in [1.29, 1.82) is 0 Å². The van der Waals surface area contributed by atoms with E-state index in [4.69, 9.17) is 5.11 Å². The number of aromatic nitrogens is 2. The molecule has 94 valence electrons. The molecule has 3 N–H and O–H groups in total. The van der Waals surface area contributed by atoms with Crippen molar-refractivity contribution in [3.05, 3.63) is 23.8 Å². The summed E-state index contributed by atoms with van der Waals surface area (Å²) >= 11 is 0. The largest absolute Gasteiger partial charge is 0.478 e. The summed E-state index contributed by atoms with van der Waals surface area (Å²) in [5, 5.41) is 21.4. The summed E-state index contributed by atoms with van der Waals surface area (Å²) in [5.74, 6) is -1.04. The Morgan fingerprint density at radius 3 is 3.00 bits per heavy atom. The van der Waals surface area contributed by atoms with Crippen LogP contribution in [0.3, 0.4) is 0 Å². The molecule has 17 heavy (non-hydrogen) atoms. The topological polar surface area (TPSA) is 95.3 Å². The normalized spacial score (nSPS) is 12.4. The number of carboxylic acid groups (broad SMARTS) is 1. The Morgan fingerprint density at radius 2 is 2.35 bits per heavy atom. The SMILES string of the molecule is CCCC(O)CNCc1ncncc1C(=O)O. The first-order valence-electron chi connectivity index (χ1n) is 5.56. The lowest BCUT2D eigenvalue weighted by atomic mass is 10.2. The molecule has 0 amide bonds. The van der Waals surface area contributed by atoms with E-state index in [2.05, 4.69) is 15.3 Å². The van der Waals surface area contributed by atoms with Gasteiger partial charge < -0.3 is 15.5 Å². The van der Waals surface area contributed by atoms with Crippen molar-refractivity contribution in [2.45, 2.75) is 32.4 Å². The van der Waals surface area contributed by atoms with Crippen LogP contribution >= 0.6 is 0 Å². The van der Waals surface area contributed by atoms with Crippen molar-refractivity contribution >= 4 is 5.97 Å². The lowest BCUT2D eigenvalue weighted by Crippen LogP contribution is -2.27. The molecule has 0 aliphatic rings. The highest BCUT2D eigenvalue weighted by molar-refractivity contribution is 5.88. The molecule has 0 bridgehead atoms. The Balaban J connectivity index is 2.49. The van der Waals surface area contributed by atoms with Crippen molar-refractivity contribution < 1.29 is 15.0 Å². The standard InChI is InChI=1S/C11H17N3O3/c1-2-3-8(15)4-12-6-10-9(11(16)17)5-13-7-14-10/h5,7-8,12,15H,2-4,6H2,1H3,(H,16,17). The molecule has 0 spiro atoms. The number of nitrogens with zero attached hydrogens (tertiary/aromatic N) is 2. The summed E-state index contributed by atoms with van der Waals surface area (Å²) < 4.78 is 0. The zero-order chi connectivity index (χ0) is 12.7. The van der Waals surface area contributed by atoms with Crippen molar-refractivity contribution in [2.24, 2.45) is 0 Å². The molecule has 1 unspecified atom stereocenters. The minimum atomic E-state index is -1.04. The lowest BCUT2D eigenvalue weighted by Gasteiger charge is -2.10. The lowest BCUT2D eigenvalue weighted by molar-refractivity contribution is 0.0694. The Hall–Kier alpha value is -1.53. The molecule has 0 aliphatic carbocycles. The number of aliphatic hydroxyl groups excluding tert-OH is 1. The Morgan fingerprint density at radius 1 is 1.59 bits per heavy atom. The minimum absolute atomic E-state index is 0.0879. The van der Waals surface area contributed by atoms with Gasteiger partial charge in [0.25, 0.3) is 0 Å². The number of carboxylic acids is 1. The quantitative estimate of drug-likeness (QED) is 0.638. The Labute approximate surface area is 99.7 Å². The summed E-state index contributed by atoms with van der Waals surface area (Å²) in [5.41, 5.74) is 0.515. The molecular weight excluding hydrogens is 222 g/mol. The number of carbonyl (C=O) groups is 1. The van der Waals surface area contributed by atoms with Gasteiger partial charge in [0.15, 0.2) is 0 Å². The van der Waals surface area contributed by atoms with Crippen molar-refractivity contribution in [2.75, 3.05) is 6.54 Å². The highest BCUT2D eigenvalue weighted by Gasteiger charge is 2.11. The monoisotopic (exact) mass is 239 g/mol. The van der Waals surface area contributed by atoms with Gasteiger partial charge in [-0.05, 0) is 6.42 Å². The molecule has 6 nitrogen and oxygen atoms in total. The fraction of sp³-hybridized carbons (Fsp3) is 0.545. The first-order valence-corrected chi connectivity index (χ1v) is 5.56. The van der Waals surface area contributed by atoms with Crippen LogP contribution in [0.25, 0.3) is 0 Å². The first-order chi connectivity index (χ1) is 8.15. The Kier molecular flexibility index (Phi) is 5.51. The van der Waals surface area contributed by atoms with E-state index in [1.165, 1.54) is 12.5 Å². The van der Waals surface area contributed by atoms with E-state index in [1.54, 1.807) is 0 Å². The molecule has 1 heterocycles. The average Bonchev–Trinajstić information content (AvgIpc) is 2.30. The van der Waals surface area contributed by atoms with Crippen LogP contribution < -0.4 is 5.32 Å². The third kappa shape index (κ3) is 4.46. The maximum absolute atomic E-state index is 10.9. The van der Waals surface area contributed by atoms with Crippen LogP contribution in [0.15, 0.2) is 12.5 Å². The maximum atomic E-state index is 10.9. The van der Waals surface area contributed by atoms with Gasteiger partial charge in [-0.1, -0.05) is 13.3 Å². The average molecular weight is 239 g/mol. The van der Waals surface area contributed by atoms with E-state index in [9.17, 15) is 9.90 Å². The number of rotatable bonds is 7. The van der Waals surface area contributed by atoms with E-state index < -0.39 is 12.1 Å². The number of hydrogen-bond donors (Lipinski definition) is 3. The van der Waals surface area contributed by atoms with E-state index in [0.29, 0.717) is 18.8 Å². The smallest absolute Gasteiger partial charge is 0.339 e. The third-order valence-electron chi connectivity index (χ3n) is 2.32. The minimum Gasteiger partial charge on any atom is -0.478 e. The summed E-state index contributed by atoms with van der Waals surface area (Å²) in [7, 11) is 0. The fourth-order valence-corrected chi connectivity index (χ4v) is 1.47. The molecule has 1 aromatic rings. The zero-order valence-corrected chi connectivity index (χ0v) is 9.76. The van der Waals surface area contributed by atoms with Gasteiger partial charge in [-0.3, -0.25) is 0 Å². The van der Waals surface area contributed by atoms with Crippen molar-refractivity contribution in [3.8, 4) is 0 Å². The second-order valence-electron chi connectivity index (χ2n) is 3.76. The molecule has 1 aromatic heterocycles. The molecule has 1 atom stereocenters. The van der Waals surface area contributed by atoms with Crippen LogP contribution in [0.4, 0.5) is 0 Å². The van der Waals surface area contributed by atoms with E-state index in [-0.39, 0.29) is 5.56 Å². The Bertz CT molecular complexity index is 371. The summed E-state index contributed by atoms with van der Waals surface area (Å²) in [6.07, 6.45) is 3.81. The van der Waals surface area contributed by atoms with Gasteiger partial charge in [0.2, 0.25) is 0 Å². The predicted octanol–water partition coefficient (Wildman–Crippen LogP) is 0.425. The fourth-order valence-electron chi connectivity index (χ4n) is 1.47. The van der Waals surface area contributed by atoms with Gasteiger partial charge in [-0.25, -0.2) is 14.8 Å². The van der Waals surface area contributed by atoms with E-state index in [0.717, 1.165) is 12.8 Å². The molecule has 0 aromatic carbocycles. The molecule has 0 fully saturated rings. The van der Waals surface area contributed by atoms with Crippen LogP contribution in [0.5, 0.6) is 0 Å². The van der Waals surface area contributed by atoms with Crippen LogP contribution in [0.2, 0.25) is 0 Å². The zero-order valence-electron chi connectivity index (χ0n) is 9.76.